The number of fused-ring (bicyclic) bond motifs is 3. The molecule has 0 saturated carbocycles. The third-order valence-corrected chi connectivity index (χ3v) is 8.00. The van der Waals surface area contributed by atoms with Gasteiger partial charge in [-0.2, -0.15) is 0 Å². The molecule has 1 amide bonds. The summed E-state index contributed by atoms with van der Waals surface area (Å²) in [6, 6.07) is 0.910. The van der Waals surface area contributed by atoms with Crippen molar-refractivity contribution in [2.24, 2.45) is 17.6 Å². The average Bonchev–Trinajstić information content (AvgIpc) is 2.75. The summed E-state index contributed by atoms with van der Waals surface area (Å²) in [4.78, 5) is 40.9. The molecular formula is C27H34N2O7. The lowest BCUT2D eigenvalue weighted by molar-refractivity contribution is -0.148. The Kier molecular flexibility index (Phi) is 5.88. The molecule has 0 bridgehead atoms. The number of hydrogen-bond acceptors (Lipinski definition) is 8. The molecule has 1 aromatic carbocycles. The zero-order valence-corrected chi connectivity index (χ0v) is 21.5. The fourth-order valence-corrected chi connectivity index (χ4v) is 6.28. The minimum atomic E-state index is -2.63. The second-order valence-corrected chi connectivity index (χ2v) is 11.4. The van der Waals surface area contributed by atoms with Crippen molar-refractivity contribution >= 4 is 17.5 Å². The van der Waals surface area contributed by atoms with E-state index < -0.39 is 63.5 Å². The van der Waals surface area contributed by atoms with Gasteiger partial charge in [-0.3, -0.25) is 19.3 Å². The largest absolute Gasteiger partial charge is 0.510 e. The summed E-state index contributed by atoms with van der Waals surface area (Å²) in [5, 5.41) is 45.1. The summed E-state index contributed by atoms with van der Waals surface area (Å²) in [7, 11) is 3.21. The summed E-state index contributed by atoms with van der Waals surface area (Å²) >= 11 is 0. The minimum absolute atomic E-state index is 0.0695. The van der Waals surface area contributed by atoms with Crippen LogP contribution in [-0.2, 0) is 27.8 Å². The number of rotatable bonds is 3. The first kappa shape index (κ1) is 25.9. The number of allylic oxidation sites excluding steroid dienone is 1. The average molecular weight is 499 g/mol. The maximum absolute atomic E-state index is 13.9. The van der Waals surface area contributed by atoms with Gasteiger partial charge in [-0.15, -0.1) is 0 Å². The van der Waals surface area contributed by atoms with Crippen LogP contribution in [0.1, 0.15) is 61.2 Å². The fraction of sp³-hybridized carbons (Fsp3) is 0.519. The molecule has 3 aliphatic rings. The molecule has 9 nitrogen and oxygen atoms in total. The van der Waals surface area contributed by atoms with Crippen LogP contribution < -0.4 is 5.73 Å². The van der Waals surface area contributed by atoms with Gasteiger partial charge in [0, 0.05) is 17.1 Å². The first-order valence-corrected chi connectivity index (χ1v) is 12.1. The number of hydrogen-bond donors (Lipinski definition) is 5. The first-order chi connectivity index (χ1) is 16.6. The number of amides is 1. The monoisotopic (exact) mass is 498 g/mol. The van der Waals surface area contributed by atoms with E-state index in [9.17, 15) is 34.8 Å². The number of benzene rings is 1. The van der Waals surface area contributed by atoms with Gasteiger partial charge in [0.15, 0.2) is 11.4 Å². The van der Waals surface area contributed by atoms with Crippen LogP contribution in [0.5, 0.6) is 5.75 Å². The number of ketones is 2. The van der Waals surface area contributed by atoms with E-state index in [1.54, 1.807) is 14.1 Å². The Morgan fingerprint density at radius 3 is 2.31 bits per heavy atom. The molecule has 0 spiro atoms. The highest BCUT2D eigenvalue weighted by Crippen LogP contribution is 2.53. The maximum Gasteiger partial charge on any atom is 0.255 e. The standard InChI is InChI=1S/C27H34N2O7/c1-7-11-9-15(26(2,3)4)20(30)17-13(11)8-12-10-14-19(29(5)6)22(32)18(25(28)35)24(34)27(14,36)23(33)16(12)21(17)31/h9,12,14,19,30,32-33,36H,7-8,10H2,1-6H3,(H2,28,35). The van der Waals surface area contributed by atoms with Crippen LogP contribution in [0.3, 0.4) is 0 Å². The molecule has 0 saturated heterocycles. The first-order valence-electron chi connectivity index (χ1n) is 12.1. The maximum atomic E-state index is 13.9. The van der Waals surface area contributed by atoms with E-state index >= 15 is 0 Å². The van der Waals surface area contributed by atoms with Gasteiger partial charge in [0.25, 0.3) is 5.91 Å². The summed E-state index contributed by atoms with van der Waals surface area (Å²) < 4.78 is 0. The Labute approximate surface area is 209 Å². The molecular weight excluding hydrogens is 464 g/mol. The van der Waals surface area contributed by atoms with Gasteiger partial charge in [-0.05, 0) is 55.8 Å². The topological polar surface area (TPSA) is 161 Å². The number of aryl methyl sites for hydroxylation is 1. The van der Waals surface area contributed by atoms with Crippen molar-refractivity contribution in [1.82, 2.24) is 4.90 Å². The zero-order valence-electron chi connectivity index (χ0n) is 21.5. The minimum Gasteiger partial charge on any atom is -0.510 e. The highest BCUT2D eigenvalue weighted by atomic mass is 16.3. The van der Waals surface area contributed by atoms with Crippen molar-refractivity contribution in [2.75, 3.05) is 14.1 Å². The SMILES string of the molecule is CCc1cc(C(C)(C)C)c(O)c2c1CC1CC3C(N(C)C)C(O)=C(C(N)=O)C(=O)C3(O)C(O)=C1C2=O. The number of carbonyl (C=O) groups excluding carboxylic acids is 3. The van der Waals surface area contributed by atoms with Crippen LogP contribution in [-0.4, -0.2) is 68.5 Å². The summed E-state index contributed by atoms with van der Waals surface area (Å²) in [6.07, 6.45) is 1.00. The molecule has 0 heterocycles. The molecule has 3 aliphatic carbocycles. The van der Waals surface area contributed by atoms with E-state index in [1.807, 2.05) is 33.8 Å². The van der Waals surface area contributed by atoms with E-state index in [4.69, 9.17) is 5.73 Å². The number of carbonyl (C=O) groups is 3. The number of primary amides is 1. The Hall–Kier alpha value is -3.17. The highest BCUT2D eigenvalue weighted by Gasteiger charge is 2.63. The number of nitrogens with two attached hydrogens (primary N) is 1. The van der Waals surface area contributed by atoms with Crippen LogP contribution in [0.25, 0.3) is 0 Å². The van der Waals surface area contributed by atoms with Crippen LogP contribution >= 0.6 is 0 Å². The van der Waals surface area contributed by atoms with E-state index in [-0.39, 0.29) is 23.3 Å². The number of Topliss-reactive ketones (excluding diaryl/α,β-unsaturated/α-hetero) is 2. The third-order valence-electron chi connectivity index (χ3n) is 8.00. The van der Waals surface area contributed by atoms with Crippen molar-refractivity contribution in [3.63, 3.8) is 0 Å². The number of aromatic hydroxyl groups is 1. The quantitative estimate of drug-likeness (QED) is 0.395. The van der Waals surface area contributed by atoms with Gasteiger partial charge >= 0.3 is 0 Å². The number of phenols is 1. The smallest absolute Gasteiger partial charge is 0.255 e. The summed E-state index contributed by atoms with van der Waals surface area (Å²) in [5.74, 6) is -6.33. The van der Waals surface area contributed by atoms with E-state index in [2.05, 4.69) is 0 Å². The fourth-order valence-electron chi connectivity index (χ4n) is 6.28. The predicted molar refractivity (Wildman–Crippen MR) is 132 cm³/mol. The van der Waals surface area contributed by atoms with Crippen molar-refractivity contribution in [3.05, 3.63) is 51.0 Å². The normalized spacial score (nSPS) is 28.3. The number of aliphatic hydroxyl groups excluding tert-OH is 2. The van der Waals surface area contributed by atoms with Crippen molar-refractivity contribution in [3.8, 4) is 5.75 Å². The van der Waals surface area contributed by atoms with Crippen molar-refractivity contribution in [2.45, 2.75) is 64.0 Å². The second kappa shape index (κ2) is 8.18. The van der Waals surface area contributed by atoms with Gasteiger partial charge in [-0.1, -0.05) is 33.8 Å². The van der Waals surface area contributed by atoms with Crippen LogP contribution in [0.15, 0.2) is 28.7 Å². The van der Waals surface area contributed by atoms with Crippen LogP contribution in [0, 0.1) is 11.8 Å². The van der Waals surface area contributed by atoms with E-state index in [1.165, 1.54) is 4.90 Å². The van der Waals surface area contributed by atoms with Crippen LogP contribution in [0.2, 0.25) is 0 Å². The Balaban J connectivity index is 2.00. The number of phenolic OH excluding ortho intramolecular Hbond substituents is 1. The molecule has 0 aromatic heterocycles. The van der Waals surface area contributed by atoms with Gasteiger partial charge in [0.05, 0.1) is 11.6 Å². The molecule has 9 heteroatoms. The number of nitrogens with zero attached hydrogens (tertiary/aromatic N) is 1. The van der Waals surface area contributed by atoms with Crippen molar-refractivity contribution < 1.29 is 34.8 Å². The molecule has 194 valence electrons. The zero-order chi connectivity index (χ0) is 27.1. The molecule has 4 atom stereocenters. The van der Waals surface area contributed by atoms with Crippen molar-refractivity contribution in [1.29, 1.82) is 0 Å². The Morgan fingerprint density at radius 1 is 1.19 bits per heavy atom. The Morgan fingerprint density at radius 2 is 1.81 bits per heavy atom. The lowest BCUT2D eigenvalue weighted by atomic mass is 9.58. The molecule has 0 aliphatic heterocycles. The molecule has 4 unspecified atom stereocenters. The van der Waals surface area contributed by atoms with Crippen LogP contribution in [0.4, 0.5) is 0 Å². The lowest BCUT2D eigenvalue weighted by Gasteiger charge is -2.50. The lowest BCUT2D eigenvalue weighted by Crippen LogP contribution is -2.63. The van der Waals surface area contributed by atoms with E-state index in [0.29, 0.717) is 24.0 Å². The molecule has 0 radical (unpaired) electrons. The van der Waals surface area contributed by atoms with E-state index in [0.717, 1.165) is 5.56 Å². The molecule has 6 N–H and O–H groups in total. The molecule has 0 fully saturated rings. The molecule has 36 heavy (non-hydrogen) atoms. The number of likely N-dealkylation sites (N-methyl/N-ethyl adjacent to an activating group) is 1. The molecule has 1 aromatic rings. The third kappa shape index (κ3) is 3.33. The van der Waals surface area contributed by atoms with Gasteiger partial charge in [-0.25, -0.2) is 0 Å². The summed E-state index contributed by atoms with van der Waals surface area (Å²) in [5.41, 5.74) is 3.56. The van der Waals surface area contributed by atoms with Gasteiger partial charge in [0.2, 0.25) is 5.78 Å². The highest BCUT2D eigenvalue weighted by molar-refractivity contribution is 6.24. The summed E-state index contributed by atoms with van der Waals surface area (Å²) in [6.45, 7) is 7.71. The Bertz CT molecular complexity index is 1270. The van der Waals surface area contributed by atoms with Gasteiger partial charge < -0.3 is 26.2 Å². The molecule has 4 rings (SSSR count). The number of aliphatic hydroxyl groups is 3. The second-order valence-electron chi connectivity index (χ2n) is 11.4. The van der Waals surface area contributed by atoms with Gasteiger partial charge in [0.1, 0.15) is 22.8 Å². The predicted octanol–water partition coefficient (Wildman–Crippen LogP) is 1.98.